The first-order valence-electron chi connectivity index (χ1n) is 6.77. The van der Waals surface area contributed by atoms with Crippen molar-refractivity contribution >= 4 is 39.2 Å². The third-order valence-corrected chi connectivity index (χ3v) is 3.55. The molecular formula is C14H21BrN4O2. The van der Waals surface area contributed by atoms with Gasteiger partial charge in [-0.25, -0.2) is 4.79 Å². The zero-order chi connectivity index (χ0) is 16.0. The summed E-state index contributed by atoms with van der Waals surface area (Å²) in [6.07, 6.45) is 2.26. The summed E-state index contributed by atoms with van der Waals surface area (Å²) in [7, 11) is 0. The molecule has 116 valence electrons. The quantitative estimate of drug-likeness (QED) is 0.587. The van der Waals surface area contributed by atoms with Crippen LogP contribution in [-0.4, -0.2) is 18.0 Å². The summed E-state index contributed by atoms with van der Waals surface area (Å²) in [6.45, 7) is 3.86. The fraction of sp³-hybridized carbons (Fsp3) is 0.429. The molecule has 1 atom stereocenters. The summed E-state index contributed by atoms with van der Waals surface area (Å²) >= 11 is 3.36. The van der Waals surface area contributed by atoms with Crippen molar-refractivity contribution in [2.45, 2.75) is 39.2 Å². The van der Waals surface area contributed by atoms with E-state index in [0.717, 1.165) is 22.9 Å². The van der Waals surface area contributed by atoms with E-state index in [0.29, 0.717) is 17.8 Å². The number of carbonyl (C=O) groups is 2. The van der Waals surface area contributed by atoms with Crippen molar-refractivity contribution in [2.75, 3.05) is 11.1 Å². The van der Waals surface area contributed by atoms with Crippen molar-refractivity contribution in [3.63, 3.8) is 0 Å². The number of halogens is 1. The van der Waals surface area contributed by atoms with Crippen molar-refractivity contribution in [3.05, 3.63) is 22.2 Å². The second-order valence-electron chi connectivity index (χ2n) is 4.88. The normalized spacial score (nSPS) is 11.8. The van der Waals surface area contributed by atoms with Crippen LogP contribution in [0.15, 0.2) is 16.6 Å². The molecule has 0 heterocycles. The molecule has 1 aromatic rings. The molecule has 6 nitrogen and oxygen atoms in total. The lowest BCUT2D eigenvalue weighted by molar-refractivity contribution is -0.118. The zero-order valence-electron chi connectivity index (χ0n) is 12.2. The summed E-state index contributed by atoms with van der Waals surface area (Å²) in [6, 6.07) is 2.20. The maximum absolute atomic E-state index is 12.3. The number of urea groups is 1. The van der Waals surface area contributed by atoms with Gasteiger partial charge in [-0.3, -0.25) is 4.79 Å². The number of nitrogens with one attached hydrogen (secondary N) is 2. The zero-order valence-corrected chi connectivity index (χ0v) is 13.8. The van der Waals surface area contributed by atoms with Crippen LogP contribution in [0, 0.1) is 6.92 Å². The molecule has 3 amide bonds. The lowest BCUT2D eigenvalue weighted by Gasteiger charge is -2.18. The number of carbonyl (C=O) groups excluding carboxylic acids is 2. The first-order valence-corrected chi connectivity index (χ1v) is 7.56. The number of aryl methyl sites for hydroxylation is 1. The van der Waals surface area contributed by atoms with E-state index in [9.17, 15) is 9.59 Å². The van der Waals surface area contributed by atoms with Crippen LogP contribution in [0.3, 0.4) is 0 Å². The molecule has 6 N–H and O–H groups in total. The summed E-state index contributed by atoms with van der Waals surface area (Å²) in [5.74, 6) is -0.327. The first kappa shape index (κ1) is 17.3. The Kier molecular flexibility index (Phi) is 6.48. The number of benzene rings is 1. The van der Waals surface area contributed by atoms with Gasteiger partial charge >= 0.3 is 6.03 Å². The fourth-order valence-electron chi connectivity index (χ4n) is 1.93. The molecule has 0 radical (unpaired) electrons. The Morgan fingerprint density at radius 1 is 1.38 bits per heavy atom. The number of hydrogen-bond donors (Lipinski definition) is 4. The predicted octanol–water partition coefficient (Wildman–Crippen LogP) is 2.51. The maximum Gasteiger partial charge on any atom is 0.312 e. The molecule has 0 aliphatic heterocycles. The smallest absolute Gasteiger partial charge is 0.312 e. The Labute approximate surface area is 132 Å². The second kappa shape index (κ2) is 7.87. The molecule has 1 unspecified atom stereocenters. The number of rotatable bonds is 6. The van der Waals surface area contributed by atoms with Gasteiger partial charge in [-0.1, -0.05) is 35.7 Å². The monoisotopic (exact) mass is 356 g/mol. The molecule has 0 bridgehead atoms. The molecule has 0 saturated heterocycles. The van der Waals surface area contributed by atoms with Crippen LogP contribution in [0.1, 0.15) is 31.7 Å². The Morgan fingerprint density at radius 3 is 2.62 bits per heavy atom. The molecule has 0 spiro atoms. The average Bonchev–Trinajstić information content (AvgIpc) is 2.39. The van der Waals surface area contributed by atoms with Crippen LogP contribution in [0.2, 0.25) is 0 Å². The number of hydrogen-bond acceptors (Lipinski definition) is 3. The van der Waals surface area contributed by atoms with E-state index in [1.165, 1.54) is 0 Å². The summed E-state index contributed by atoms with van der Waals surface area (Å²) in [5.41, 5.74) is 12.9. The van der Waals surface area contributed by atoms with Crippen molar-refractivity contribution < 1.29 is 9.59 Å². The first-order chi connectivity index (χ1) is 9.85. The highest BCUT2D eigenvalue weighted by Gasteiger charge is 2.20. The lowest BCUT2D eigenvalue weighted by Crippen LogP contribution is -2.46. The minimum atomic E-state index is -0.718. The molecule has 0 aliphatic rings. The largest absolute Gasteiger partial charge is 0.397 e. The predicted molar refractivity (Wildman–Crippen MR) is 88.0 cm³/mol. The van der Waals surface area contributed by atoms with Gasteiger partial charge in [0, 0.05) is 4.47 Å². The van der Waals surface area contributed by atoms with Gasteiger partial charge in [0.2, 0.25) is 5.91 Å². The lowest BCUT2D eigenvalue weighted by atomic mass is 10.1. The molecule has 0 fully saturated rings. The van der Waals surface area contributed by atoms with E-state index in [2.05, 4.69) is 26.6 Å². The Morgan fingerprint density at radius 2 is 2.05 bits per heavy atom. The highest BCUT2D eigenvalue weighted by molar-refractivity contribution is 9.10. The summed E-state index contributed by atoms with van der Waals surface area (Å²) in [4.78, 5) is 23.3. The molecular weight excluding hydrogens is 336 g/mol. The van der Waals surface area contributed by atoms with E-state index in [1.807, 2.05) is 19.9 Å². The molecule has 1 aromatic carbocycles. The fourth-order valence-corrected chi connectivity index (χ4v) is 2.50. The second-order valence-corrected chi connectivity index (χ2v) is 5.79. The standard InChI is InChI=1S/C14H21BrN4O2/c1-3-4-5-10(19-14(17)21)13(20)18-11-7-9(15)6-8(2)12(11)16/h6-7,10H,3-5,16H2,1-2H3,(H,18,20)(H3,17,19,21). The van der Waals surface area contributed by atoms with Crippen LogP contribution in [-0.2, 0) is 4.79 Å². The molecule has 7 heteroatoms. The molecule has 21 heavy (non-hydrogen) atoms. The van der Waals surface area contributed by atoms with Crippen LogP contribution < -0.4 is 22.1 Å². The molecule has 0 aromatic heterocycles. The number of amides is 3. The van der Waals surface area contributed by atoms with Gasteiger partial charge in [0.1, 0.15) is 6.04 Å². The van der Waals surface area contributed by atoms with E-state index in [4.69, 9.17) is 11.5 Å². The van der Waals surface area contributed by atoms with Crippen molar-refractivity contribution in [1.82, 2.24) is 5.32 Å². The Bertz CT molecular complexity index is 534. The number of nitrogen functional groups attached to an aromatic ring is 1. The van der Waals surface area contributed by atoms with Gasteiger partial charge in [-0.05, 0) is 31.0 Å². The van der Waals surface area contributed by atoms with Gasteiger partial charge in [-0.15, -0.1) is 0 Å². The average molecular weight is 357 g/mol. The van der Waals surface area contributed by atoms with E-state index in [-0.39, 0.29) is 5.91 Å². The van der Waals surface area contributed by atoms with Gasteiger partial charge in [0.05, 0.1) is 11.4 Å². The Balaban J connectivity index is 2.87. The third-order valence-electron chi connectivity index (χ3n) is 3.09. The number of nitrogens with two attached hydrogens (primary N) is 2. The number of anilines is 2. The molecule has 0 saturated carbocycles. The summed E-state index contributed by atoms with van der Waals surface area (Å²) < 4.78 is 0.817. The van der Waals surface area contributed by atoms with E-state index < -0.39 is 12.1 Å². The van der Waals surface area contributed by atoms with Crippen LogP contribution in [0.5, 0.6) is 0 Å². The SMILES string of the molecule is CCCCC(NC(N)=O)C(=O)Nc1cc(Br)cc(C)c1N. The van der Waals surface area contributed by atoms with Crippen LogP contribution in [0.25, 0.3) is 0 Å². The number of unbranched alkanes of at least 4 members (excludes halogenated alkanes) is 1. The van der Waals surface area contributed by atoms with Crippen molar-refractivity contribution in [3.8, 4) is 0 Å². The molecule has 1 rings (SSSR count). The van der Waals surface area contributed by atoms with Crippen LogP contribution >= 0.6 is 15.9 Å². The maximum atomic E-state index is 12.3. The van der Waals surface area contributed by atoms with E-state index in [1.54, 1.807) is 6.07 Å². The summed E-state index contributed by atoms with van der Waals surface area (Å²) in [5, 5.41) is 5.20. The minimum absolute atomic E-state index is 0.327. The van der Waals surface area contributed by atoms with Gasteiger partial charge in [0.15, 0.2) is 0 Å². The Hall–Kier alpha value is -1.76. The third kappa shape index (κ3) is 5.26. The van der Waals surface area contributed by atoms with Crippen molar-refractivity contribution in [2.24, 2.45) is 5.73 Å². The van der Waals surface area contributed by atoms with Gasteiger partial charge in [-0.2, -0.15) is 0 Å². The minimum Gasteiger partial charge on any atom is -0.397 e. The van der Waals surface area contributed by atoms with Crippen LogP contribution in [0.4, 0.5) is 16.2 Å². The topological polar surface area (TPSA) is 110 Å². The number of primary amides is 1. The highest BCUT2D eigenvalue weighted by atomic mass is 79.9. The van der Waals surface area contributed by atoms with Crippen molar-refractivity contribution in [1.29, 1.82) is 0 Å². The van der Waals surface area contributed by atoms with Gasteiger partial charge in [0.25, 0.3) is 0 Å². The molecule has 0 aliphatic carbocycles. The highest BCUT2D eigenvalue weighted by Crippen LogP contribution is 2.27. The van der Waals surface area contributed by atoms with E-state index >= 15 is 0 Å². The van der Waals surface area contributed by atoms with Gasteiger partial charge < -0.3 is 22.1 Å².